The third-order valence-corrected chi connectivity index (χ3v) is 9.15. The summed E-state index contributed by atoms with van der Waals surface area (Å²) in [5.74, 6) is -0.272. The van der Waals surface area contributed by atoms with E-state index in [9.17, 15) is 13.2 Å². The van der Waals surface area contributed by atoms with Crippen molar-refractivity contribution in [1.29, 1.82) is 0 Å². The van der Waals surface area contributed by atoms with Gasteiger partial charge in [-0.1, -0.05) is 47.7 Å². The summed E-state index contributed by atoms with van der Waals surface area (Å²) >= 11 is 1.46. The number of hydrogen-bond acceptors (Lipinski definition) is 5. The number of hydrogen-bond donors (Lipinski definition) is 0. The van der Waals surface area contributed by atoms with Crippen LogP contribution in [0.5, 0.6) is 0 Å². The number of aromatic nitrogens is 1. The molecule has 0 unspecified atom stereocenters. The SMILES string of the molecule is CCN(C(=O)c1cccc(S(=O)(=O)N2c3ccccc3C[C@H]2C)c1)c1nc2c(C)cccc2s1. The molecular formula is C26H25N3O3S2. The number of nitrogens with zero attached hydrogens (tertiary/aromatic N) is 3. The van der Waals surface area contributed by atoms with Gasteiger partial charge in [-0.25, -0.2) is 13.4 Å². The standard InChI is InChI=1S/C26H25N3O3S2/c1-4-28(26-27-24-17(2)9-7-14-23(24)33-26)25(30)20-11-8-12-21(16-20)34(31,32)29-18(3)15-19-10-5-6-13-22(19)29/h5-14,16,18H,4,15H2,1-3H3/t18-/m1/s1. The van der Waals surface area contributed by atoms with Crippen LogP contribution in [0.3, 0.4) is 0 Å². The normalized spacial score (nSPS) is 15.5. The molecule has 0 saturated heterocycles. The number of carbonyl (C=O) groups is 1. The van der Waals surface area contributed by atoms with Gasteiger partial charge in [0.1, 0.15) is 0 Å². The third-order valence-electron chi connectivity index (χ3n) is 6.18. The van der Waals surface area contributed by atoms with Crippen LogP contribution in [0.15, 0.2) is 71.6 Å². The van der Waals surface area contributed by atoms with E-state index in [1.807, 2.05) is 63.2 Å². The van der Waals surface area contributed by atoms with Crippen LogP contribution in [0.4, 0.5) is 10.8 Å². The third kappa shape index (κ3) is 3.67. The van der Waals surface area contributed by atoms with E-state index in [2.05, 4.69) is 0 Å². The van der Waals surface area contributed by atoms with Crippen LogP contribution in [0.2, 0.25) is 0 Å². The van der Waals surface area contributed by atoms with Crippen LogP contribution in [-0.4, -0.2) is 31.9 Å². The van der Waals surface area contributed by atoms with E-state index in [4.69, 9.17) is 4.98 Å². The van der Waals surface area contributed by atoms with Crippen LogP contribution in [-0.2, 0) is 16.4 Å². The number of benzene rings is 3. The second-order valence-corrected chi connectivity index (χ2v) is 11.3. The largest absolute Gasteiger partial charge is 0.284 e. The van der Waals surface area contributed by atoms with Gasteiger partial charge in [-0.15, -0.1) is 0 Å². The van der Waals surface area contributed by atoms with E-state index in [1.165, 1.54) is 21.7 Å². The minimum absolute atomic E-state index is 0.109. The smallest absolute Gasteiger partial charge is 0.264 e. The summed E-state index contributed by atoms with van der Waals surface area (Å²) in [6.45, 7) is 6.21. The molecule has 174 valence electrons. The van der Waals surface area contributed by atoms with Crippen molar-refractivity contribution in [3.63, 3.8) is 0 Å². The average Bonchev–Trinajstić information content (AvgIpc) is 3.41. The van der Waals surface area contributed by atoms with Crippen molar-refractivity contribution >= 4 is 48.3 Å². The predicted molar refractivity (Wildman–Crippen MR) is 137 cm³/mol. The van der Waals surface area contributed by atoms with E-state index in [0.717, 1.165) is 21.3 Å². The lowest BCUT2D eigenvalue weighted by Crippen LogP contribution is -2.36. The van der Waals surface area contributed by atoms with Gasteiger partial charge in [0.05, 0.1) is 20.8 Å². The molecule has 6 nitrogen and oxygen atoms in total. The lowest BCUT2D eigenvalue weighted by Gasteiger charge is -2.25. The summed E-state index contributed by atoms with van der Waals surface area (Å²) in [6.07, 6.45) is 0.661. The maximum Gasteiger partial charge on any atom is 0.264 e. The highest BCUT2D eigenvalue weighted by Crippen LogP contribution is 2.37. The Morgan fingerprint density at radius 2 is 1.88 bits per heavy atom. The molecule has 34 heavy (non-hydrogen) atoms. The molecule has 0 fully saturated rings. The zero-order chi connectivity index (χ0) is 24.0. The van der Waals surface area contributed by atoms with Crippen molar-refractivity contribution in [1.82, 2.24) is 4.98 Å². The molecule has 5 rings (SSSR count). The Kier molecular flexibility index (Phi) is 5.65. The zero-order valence-corrected chi connectivity index (χ0v) is 20.9. The van der Waals surface area contributed by atoms with Gasteiger partial charge in [-0.05, 0) is 68.7 Å². The van der Waals surface area contributed by atoms with Gasteiger partial charge in [-0.2, -0.15) is 0 Å². The van der Waals surface area contributed by atoms with Gasteiger partial charge in [-0.3, -0.25) is 14.0 Å². The van der Waals surface area contributed by atoms with E-state index in [-0.39, 0.29) is 16.8 Å². The first-order valence-electron chi connectivity index (χ1n) is 11.2. The van der Waals surface area contributed by atoms with E-state index in [1.54, 1.807) is 23.1 Å². The Hall–Kier alpha value is -3.23. The molecule has 8 heteroatoms. The number of sulfonamides is 1. The number of carbonyl (C=O) groups excluding carboxylic acids is 1. The Labute approximate surface area is 203 Å². The molecule has 1 amide bonds. The van der Waals surface area contributed by atoms with Crippen LogP contribution in [0, 0.1) is 6.92 Å². The molecule has 1 aromatic heterocycles. The molecule has 0 bridgehead atoms. The Morgan fingerprint density at radius 3 is 2.65 bits per heavy atom. The molecule has 4 aromatic rings. The minimum Gasteiger partial charge on any atom is -0.284 e. The summed E-state index contributed by atoms with van der Waals surface area (Å²) in [7, 11) is -3.83. The van der Waals surface area contributed by atoms with Crippen molar-refractivity contribution in [2.45, 2.75) is 38.1 Å². The maximum atomic E-state index is 13.6. The van der Waals surface area contributed by atoms with Crippen LogP contribution < -0.4 is 9.21 Å². The van der Waals surface area contributed by atoms with Gasteiger partial charge in [0.2, 0.25) is 0 Å². The van der Waals surface area contributed by atoms with Crippen LogP contribution in [0.1, 0.15) is 35.3 Å². The Balaban J connectivity index is 1.51. The lowest BCUT2D eigenvalue weighted by molar-refractivity contribution is 0.0988. The number of amides is 1. The number of anilines is 2. The molecule has 0 spiro atoms. The van der Waals surface area contributed by atoms with E-state index < -0.39 is 10.0 Å². The van der Waals surface area contributed by atoms with E-state index >= 15 is 0 Å². The molecule has 2 heterocycles. The van der Waals surface area contributed by atoms with Gasteiger partial charge in [0, 0.05) is 18.2 Å². The summed E-state index contributed by atoms with van der Waals surface area (Å²) in [4.78, 5) is 19.9. The number of thiazole rings is 1. The lowest BCUT2D eigenvalue weighted by atomic mass is 10.1. The monoisotopic (exact) mass is 491 g/mol. The highest BCUT2D eigenvalue weighted by Gasteiger charge is 2.36. The van der Waals surface area contributed by atoms with Crippen molar-refractivity contribution in [2.75, 3.05) is 15.7 Å². The fourth-order valence-electron chi connectivity index (χ4n) is 4.52. The second-order valence-electron chi connectivity index (χ2n) is 8.48. The number of aryl methyl sites for hydroxylation is 1. The average molecular weight is 492 g/mol. The van der Waals surface area contributed by atoms with Crippen molar-refractivity contribution in [3.8, 4) is 0 Å². The number of rotatable bonds is 5. The summed E-state index contributed by atoms with van der Waals surface area (Å²) in [6, 6.07) is 19.6. The molecule has 0 saturated carbocycles. The highest BCUT2D eigenvalue weighted by molar-refractivity contribution is 7.92. The molecule has 1 atom stereocenters. The van der Waals surface area contributed by atoms with Crippen molar-refractivity contribution < 1.29 is 13.2 Å². The first-order chi connectivity index (χ1) is 16.3. The Bertz CT molecular complexity index is 1510. The molecule has 1 aliphatic heterocycles. The first kappa shape index (κ1) is 22.6. The summed E-state index contributed by atoms with van der Waals surface area (Å²) < 4.78 is 29.8. The van der Waals surface area contributed by atoms with Gasteiger partial charge >= 0.3 is 0 Å². The van der Waals surface area contributed by atoms with Gasteiger partial charge < -0.3 is 0 Å². The zero-order valence-electron chi connectivity index (χ0n) is 19.2. The molecule has 3 aromatic carbocycles. The van der Waals surface area contributed by atoms with Gasteiger partial charge in [0.15, 0.2) is 5.13 Å². The van der Waals surface area contributed by atoms with Crippen LogP contribution in [0.25, 0.3) is 10.2 Å². The Morgan fingerprint density at radius 1 is 1.12 bits per heavy atom. The fourth-order valence-corrected chi connectivity index (χ4v) is 7.36. The highest BCUT2D eigenvalue weighted by atomic mass is 32.2. The van der Waals surface area contributed by atoms with Gasteiger partial charge in [0.25, 0.3) is 15.9 Å². The molecule has 0 aliphatic carbocycles. The summed E-state index contributed by atoms with van der Waals surface area (Å²) in [5.41, 5.74) is 3.96. The molecule has 1 aliphatic rings. The van der Waals surface area contributed by atoms with Crippen molar-refractivity contribution in [3.05, 3.63) is 83.4 Å². The predicted octanol–water partition coefficient (Wildman–Crippen LogP) is 5.41. The minimum atomic E-state index is -3.83. The first-order valence-corrected chi connectivity index (χ1v) is 13.5. The van der Waals surface area contributed by atoms with E-state index in [0.29, 0.717) is 29.3 Å². The summed E-state index contributed by atoms with van der Waals surface area (Å²) in [5, 5.41) is 0.604. The quantitative estimate of drug-likeness (QED) is 0.374. The molecular weight excluding hydrogens is 466 g/mol. The topological polar surface area (TPSA) is 70.6 Å². The molecule has 0 N–H and O–H groups in total. The van der Waals surface area contributed by atoms with Crippen LogP contribution >= 0.6 is 11.3 Å². The maximum absolute atomic E-state index is 13.6. The molecule has 0 radical (unpaired) electrons. The second kappa shape index (κ2) is 8.52. The fraction of sp³-hybridized carbons (Fsp3) is 0.231. The number of fused-ring (bicyclic) bond motifs is 2. The van der Waals surface area contributed by atoms with Crippen molar-refractivity contribution in [2.24, 2.45) is 0 Å². The number of para-hydroxylation sites is 2.